The molecule has 1 heterocycles. The van der Waals surface area contributed by atoms with Crippen molar-refractivity contribution in [2.24, 2.45) is 0 Å². The summed E-state index contributed by atoms with van der Waals surface area (Å²) in [6, 6.07) is 1.93. The van der Waals surface area contributed by atoms with Crippen LogP contribution in [0.5, 0.6) is 5.75 Å². The van der Waals surface area contributed by atoms with Gasteiger partial charge in [-0.1, -0.05) is 19.8 Å². The number of hydrogen-bond acceptors (Lipinski definition) is 4. The molecule has 4 heteroatoms. The van der Waals surface area contributed by atoms with Gasteiger partial charge in [-0.3, -0.25) is 4.98 Å². The Morgan fingerprint density at radius 2 is 2.05 bits per heavy atom. The lowest BCUT2D eigenvalue weighted by molar-refractivity contribution is -0.00506. The molecule has 112 valence electrons. The number of pyridine rings is 1. The highest BCUT2D eigenvalue weighted by Gasteiger charge is 2.43. The summed E-state index contributed by atoms with van der Waals surface area (Å²) in [4.78, 5) is 6.39. The first-order valence-corrected chi connectivity index (χ1v) is 7.53. The van der Waals surface area contributed by atoms with E-state index >= 15 is 0 Å². The minimum atomic E-state index is -0.516. The summed E-state index contributed by atoms with van der Waals surface area (Å²) >= 11 is 0. The van der Waals surface area contributed by atoms with Crippen LogP contribution in [0.25, 0.3) is 0 Å². The molecule has 4 nitrogen and oxygen atoms in total. The van der Waals surface area contributed by atoms with Crippen molar-refractivity contribution in [3.05, 3.63) is 24.0 Å². The van der Waals surface area contributed by atoms with Gasteiger partial charge in [0.15, 0.2) is 0 Å². The second-order valence-corrected chi connectivity index (χ2v) is 5.91. The Bertz CT molecular complexity index is 428. The molecule has 1 saturated carbocycles. The second-order valence-electron chi connectivity index (χ2n) is 5.91. The summed E-state index contributed by atoms with van der Waals surface area (Å²) in [5.41, 5.74) is 0.694. The largest absolute Gasteiger partial charge is 0.492 e. The van der Waals surface area contributed by atoms with E-state index in [1.165, 1.54) is 12.8 Å². The minimum absolute atomic E-state index is 0.162. The maximum absolute atomic E-state index is 10.9. The van der Waals surface area contributed by atoms with Gasteiger partial charge in [-0.2, -0.15) is 0 Å². The normalized spacial score (nSPS) is 19.2. The molecule has 2 rings (SSSR count). The average Bonchev–Trinajstić information content (AvgIpc) is 2.95. The topological polar surface area (TPSA) is 45.6 Å². The molecule has 0 spiro atoms. The van der Waals surface area contributed by atoms with E-state index < -0.39 is 6.10 Å². The molecular formula is C16H26N2O2. The zero-order valence-corrected chi connectivity index (χ0v) is 12.8. The Morgan fingerprint density at radius 3 is 2.65 bits per heavy atom. The first-order valence-electron chi connectivity index (χ1n) is 7.53. The molecule has 1 aliphatic rings. The van der Waals surface area contributed by atoms with Gasteiger partial charge in [0, 0.05) is 11.8 Å². The summed E-state index contributed by atoms with van der Waals surface area (Å²) in [7, 11) is 4.11. The molecule has 1 aromatic rings. The van der Waals surface area contributed by atoms with Crippen molar-refractivity contribution in [3.63, 3.8) is 0 Å². The number of ether oxygens (including phenoxy) is 1. The summed E-state index contributed by atoms with van der Waals surface area (Å²) in [5.74, 6) is 0.746. The monoisotopic (exact) mass is 278 g/mol. The number of aliphatic hydroxyl groups is 1. The molecule has 1 N–H and O–H groups in total. The fraction of sp³-hybridized carbons (Fsp3) is 0.688. The molecule has 1 aromatic heterocycles. The number of aliphatic hydroxyl groups excluding tert-OH is 1. The zero-order valence-electron chi connectivity index (χ0n) is 12.8. The van der Waals surface area contributed by atoms with Gasteiger partial charge >= 0.3 is 0 Å². The molecule has 0 aromatic carbocycles. The summed E-state index contributed by atoms with van der Waals surface area (Å²) < 4.78 is 5.61. The molecule has 1 atom stereocenters. The van der Waals surface area contributed by atoms with Gasteiger partial charge in [0.2, 0.25) is 0 Å². The Balaban J connectivity index is 2.21. The number of rotatable bonds is 6. The highest BCUT2D eigenvalue weighted by atomic mass is 16.5. The van der Waals surface area contributed by atoms with E-state index in [9.17, 15) is 5.11 Å². The van der Waals surface area contributed by atoms with Gasteiger partial charge in [0.25, 0.3) is 0 Å². The smallest absolute Gasteiger partial charge is 0.137 e. The van der Waals surface area contributed by atoms with E-state index in [-0.39, 0.29) is 5.54 Å². The van der Waals surface area contributed by atoms with Gasteiger partial charge < -0.3 is 14.7 Å². The molecular weight excluding hydrogens is 252 g/mol. The summed E-state index contributed by atoms with van der Waals surface area (Å²) in [6.45, 7) is 2.76. The molecule has 0 bridgehead atoms. The fourth-order valence-corrected chi connectivity index (χ4v) is 3.15. The van der Waals surface area contributed by atoms with E-state index in [0.717, 1.165) is 30.6 Å². The van der Waals surface area contributed by atoms with Crippen LogP contribution in [0.3, 0.4) is 0 Å². The first-order chi connectivity index (χ1) is 9.60. The van der Waals surface area contributed by atoms with Crippen molar-refractivity contribution >= 4 is 0 Å². The van der Waals surface area contributed by atoms with Crippen LogP contribution in [0, 0.1) is 0 Å². The van der Waals surface area contributed by atoms with Gasteiger partial charge in [-0.05, 0) is 39.4 Å². The number of nitrogens with zero attached hydrogens (tertiary/aromatic N) is 2. The lowest BCUT2D eigenvalue weighted by Crippen LogP contribution is -2.47. The molecule has 1 aliphatic carbocycles. The van der Waals surface area contributed by atoms with Gasteiger partial charge in [0.05, 0.1) is 24.4 Å². The zero-order chi connectivity index (χ0) is 14.6. The van der Waals surface area contributed by atoms with Gasteiger partial charge in [-0.15, -0.1) is 0 Å². The highest BCUT2D eigenvalue weighted by molar-refractivity contribution is 5.28. The van der Waals surface area contributed by atoms with Crippen LogP contribution in [0.4, 0.5) is 0 Å². The SMILES string of the molecule is CCCOc1cncc(C(O)C2(N(C)C)CCCC2)c1. The molecule has 0 aliphatic heterocycles. The fourth-order valence-electron chi connectivity index (χ4n) is 3.15. The van der Waals surface area contributed by atoms with E-state index in [1.54, 1.807) is 12.4 Å². The van der Waals surface area contributed by atoms with Crippen molar-refractivity contribution < 1.29 is 9.84 Å². The average molecular weight is 278 g/mol. The van der Waals surface area contributed by atoms with Gasteiger partial charge in [-0.25, -0.2) is 0 Å². The maximum atomic E-state index is 10.9. The number of likely N-dealkylation sites (N-methyl/N-ethyl adjacent to an activating group) is 1. The maximum Gasteiger partial charge on any atom is 0.137 e. The van der Waals surface area contributed by atoms with Crippen LogP contribution >= 0.6 is 0 Å². The Hall–Kier alpha value is -1.13. The van der Waals surface area contributed by atoms with Crippen LogP contribution in [0.1, 0.15) is 50.7 Å². The van der Waals surface area contributed by atoms with E-state index in [4.69, 9.17) is 4.74 Å². The predicted molar refractivity (Wildman–Crippen MR) is 79.9 cm³/mol. The van der Waals surface area contributed by atoms with E-state index in [2.05, 4.69) is 30.9 Å². The van der Waals surface area contributed by atoms with Crippen molar-refractivity contribution in [1.29, 1.82) is 0 Å². The van der Waals surface area contributed by atoms with Crippen molar-refractivity contribution in [3.8, 4) is 5.75 Å². The van der Waals surface area contributed by atoms with Crippen LogP contribution in [-0.4, -0.2) is 41.2 Å². The molecule has 20 heavy (non-hydrogen) atoms. The van der Waals surface area contributed by atoms with Crippen molar-refractivity contribution in [1.82, 2.24) is 9.88 Å². The second kappa shape index (κ2) is 6.55. The molecule has 0 saturated heterocycles. The van der Waals surface area contributed by atoms with Crippen LogP contribution in [0.15, 0.2) is 18.5 Å². The Morgan fingerprint density at radius 1 is 1.35 bits per heavy atom. The van der Waals surface area contributed by atoms with Crippen LogP contribution < -0.4 is 4.74 Å². The van der Waals surface area contributed by atoms with Crippen molar-refractivity contribution in [2.45, 2.75) is 50.7 Å². The third kappa shape index (κ3) is 2.96. The third-order valence-corrected chi connectivity index (χ3v) is 4.39. The number of hydrogen-bond donors (Lipinski definition) is 1. The molecule has 0 radical (unpaired) electrons. The minimum Gasteiger partial charge on any atom is -0.492 e. The van der Waals surface area contributed by atoms with Crippen LogP contribution in [-0.2, 0) is 0 Å². The lowest BCUT2D eigenvalue weighted by Gasteiger charge is -2.40. The highest BCUT2D eigenvalue weighted by Crippen LogP contribution is 2.43. The first kappa shape index (κ1) is 15.3. The standard InChI is InChI=1S/C16H26N2O2/c1-4-9-20-14-10-13(11-17-12-14)15(19)16(18(2)3)7-5-6-8-16/h10-12,15,19H,4-9H2,1-3H3. The van der Waals surface area contributed by atoms with Crippen LogP contribution in [0.2, 0.25) is 0 Å². The summed E-state index contributed by atoms with van der Waals surface area (Å²) in [6.07, 6.45) is 8.33. The van der Waals surface area contributed by atoms with E-state index in [1.807, 2.05) is 6.07 Å². The van der Waals surface area contributed by atoms with E-state index in [0.29, 0.717) is 6.61 Å². The third-order valence-electron chi connectivity index (χ3n) is 4.39. The quantitative estimate of drug-likeness (QED) is 0.869. The predicted octanol–water partition coefficient (Wildman–Crippen LogP) is 2.78. The molecule has 0 amide bonds. The number of aromatic nitrogens is 1. The summed E-state index contributed by atoms with van der Waals surface area (Å²) in [5, 5.41) is 10.9. The van der Waals surface area contributed by atoms with Gasteiger partial charge in [0.1, 0.15) is 5.75 Å². The molecule has 1 unspecified atom stereocenters. The lowest BCUT2D eigenvalue weighted by atomic mass is 9.85. The Labute approximate surface area is 121 Å². The van der Waals surface area contributed by atoms with Crippen molar-refractivity contribution in [2.75, 3.05) is 20.7 Å². The molecule has 1 fully saturated rings. The Kier molecular flexibility index (Phi) is 5.00.